The number of nitrogens with zero attached hydrogens (tertiary/aromatic N) is 3. The molecule has 1 aromatic carbocycles. The summed E-state index contributed by atoms with van der Waals surface area (Å²) in [4.78, 5) is 4.55. The number of fused-ring (bicyclic) bond motifs is 1. The van der Waals surface area contributed by atoms with Crippen molar-refractivity contribution < 1.29 is 0 Å². The molecule has 0 saturated carbocycles. The van der Waals surface area contributed by atoms with E-state index in [0.29, 0.717) is 0 Å². The maximum Gasteiger partial charge on any atom is 0.0897 e. The Hall–Kier alpha value is -1.72. The molecule has 0 bridgehead atoms. The molecule has 0 saturated heterocycles. The number of nitrogens with one attached hydrogen (secondary N) is 1. The minimum atomic E-state index is 0.183. The third kappa shape index (κ3) is 2.34. The van der Waals surface area contributed by atoms with Gasteiger partial charge in [0.1, 0.15) is 0 Å². The number of hydrogen-bond acceptors (Lipinski definition) is 4. The Labute approximate surface area is 122 Å². The third-order valence-corrected chi connectivity index (χ3v) is 4.37. The van der Waals surface area contributed by atoms with Crippen molar-refractivity contribution in [1.82, 2.24) is 20.1 Å². The van der Waals surface area contributed by atoms with Gasteiger partial charge in [-0.2, -0.15) is 5.10 Å². The topological polar surface area (TPSA) is 42.7 Å². The van der Waals surface area contributed by atoms with Crippen molar-refractivity contribution in [1.29, 1.82) is 0 Å². The van der Waals surface area contributed by atoms with E-state index < -0.39 is 0 Å². The minimum absolute atomic E-state index is 0.183. The molecule has 104 valence electrons. The predicted octanol–water partition coefficient (Wildman–Crippen LogP) is 2.84. The van der Waals surface area contributed by atoms with E-state index in [-0.39, 0.29) is 6.04 Å². The van der Waals surface area contributed by atoms with Crippen LogP contribution in [0, 0.1) is 6.92 Å². The molecule has 0 aliphatic rings. The fraction of sp³-hybridized carbons (Fsp3) is 0.333. The number of likely N-dealkylation sites (N-methyl/N-ethyl adjacent to an activating group) is 1. The van der Waals surface area contributed by atoms with Crippen LogP contribution in [0.4, 0.5) is 0 Å². The highest BCUT2D eigenvalue weighted by atomic mass is 32.1. The number of aromatic nitrogens is 3. The van der Waals surface area contributed by atoms with Crippen LogP contribution in [-0.2, 0) is 13.5 Å². The number of thiazole rings is 1. The van der Waals surface area contributed by atoms with Gasteiger partial charge in [0.2, 0.25) is 0 Å². The SMILES string of the molecule is CNC(Cc1csc(C)n1)c1nn(C)c2ccccc12. The lowest BCUT2D eigenvalue weighted by molar-refractivity contribution is 0.561. The number of aryl methyl sites for hydroxylation is 2. The van der Waals surface area contributed by atoms with Gasteiger partial charge in [0, 0.05) is 24.2 Å². The van der Waals surface area contributed by atoms with E-state index in [0.717, 1.165) is 28.3 Å². The van der Waals surface area contributed by atoms with Crippen molar-refractivity contribution in [2.45, 2.75) is 19.4 Å². The summed E-state index contributed by atoms with van der Waals surface area (Å²) >= 11 is 1.70. The van der Waals surface area contributed by atoms with Gasteiger partial charge in [-0.3, -0.25) is 4.68 Å². The van der Waals surface area contributed by atoms with Crippen LogP contribution < -0.4 is 5.32 Å². The van der Waals surface area contributed by atoms with E-state index in [4.69, 9.17) is 5.10 Å². The second kappa shape index (κ2) is 5.34. The summed E-state index contributed by atoms with van der Waals surface area (Å²) in [5.74, 6) is 0. The lowest BCUT2D eigenvalue weighted by Crippen LogP contribution is -2.20. The van der Waals surface area contributed by atoms with E-state index in [9.17, 15) is 0 Å². The standard InChI is InChI=1S/C15H18N4S/c1-10-17-11(9-20-10)8-13(16-2)15-12-6-4-5-7-14(12)19(3)18-15/h4-7,9,13,16H,8H2,1-3H3. The Morgan fingerprint density at radius 2 is 2.15 bits per heavy atom. The van der Waals surface area contributed by atoms with Gasteiger partial charge in [-0.1, -0.05) is 18.2 Å². The van der Waals surface area contributed by atoms with Crippen molar-refractivity contribution in [2.75, 3.05) is 7.05 Å². The molecule has 20 heavy (non-hydrogen) atoms. The third-order valence-electron chi connectivity index (χ3n) is 3.54. The number of hydrogen-bond donors (Lipinski definition) is 1. The molecule has 2 heterocycles. The predicted molar refractivity (Wildman–Crippen MR) is 83.1 cm³/mol. The zero-order chi connectivity index (χ0) is 14.1. The van der Waals surface area contributed by atoms with Crippen LogP contribution in [0.5, 0.6) is 0 Å². The normalized spacial score (nSPS) is 12.9. The van der Waals surface area contributed by atoms with E-state index >= 15 is 0 Å². The lowest BCUT2D eigenvalue weighted by atomic mass is 10.1. The Kier molecular flexibility index (Phi) is 3.54. The molecule has 1 atom stereocenters. The molecular formula is C15H18N4S. The Morgan fingerprint density at radius 3 is 2.85 bits per heavy atom. The zero-order valence-electron chi connectivity index (χ0n) is 11.9. The molecule has 0 aliphatic heterocycles. The number of rotatable bonds is 4. The van der Waals surface area contributed by atoms with Gasteiger partial charge < -0.3 is 5.32 Å². The van der Waals surface area contributed by atoms with Gasteiger partial charge in [0.15, 0.2) is 0 Å². The minimum Gasteiger partial charge on any atom is -0.311 e. The summed E-state index contributed by atoms with van der Waals surface area (Å²) in [5, 5.41) is 12.5. The van der Waals surface area contributed by atoms with Gasteiger partial charge in [-0.25, -0.2) is 4.98 Å². The maximum absolute atomic E-state index is 4.69. The molecule has 0 spiro atoms. The Balaban J connectivity index is 1.99. The summed E-state index contributed by atoms with van der Waals surface area (Å²) in [5.41, 5.74) is 3.38. The molecule has 0 aliphatic carbocycles. The van der Waals surface area contributed by atoms with Crippen molar-refractivity contribution in [2.24, 2.45) is 7.05 Å². The van der Waals surface area contributed by atoms with Crippen LogP contribution in [-0.4, -0.2) is 21.8 Å². The second-order valence-electron chi connectivity index (χ2n) is 4.93. The molecule has 1 unspecified atom stereocenters. The number of benzene rings is 1. The van der Waals surface area contributed by atoms with Crippen molar-refractivity contribution in [3.8, 4) is 0 Å². The van der Waals surface area contributed by atoms with Gasteiger partial charge in [0.25, 0.3) is 0 Å². The summed E-state index contributed by atoms with van der Waals surface area (Å²) in [6.07, 6.45) is 0.863. The first kappa shape index (κ1) is 13.3. The van der Waals surface area contributed by atoms with Gasteiger partial charge in [0.05, 0.1) is 28.0 Å². The molecule has 3 rings (SSSR count). The summed E-state index contributed by atoms with van der Waals surface area (Å²) in [7, 11) is 3.97. The van der Waals surface area contributed by atoms with Crippen LogP contribution in [0.3, 0.4) is 0 Å². The van der Waals surface area contributed by atoms with E-state index in [2.05, 4.69) is 33.9 Å². The summed E-state index contributed by atoms with van der Waals surface area (Å²) in [6, 6.07) is 8.53. The molecule has 0 fully saturated rings. The first-order chi connectivity index (χ1) is 9.69. The van der Waals surface area contributed by atoms with Crippen molar-refractivity contribution in [3.63, 3.8) is 0 Å². The molecule has 3 aromatic rings. The van der Waals surface area contributed by atoms with Gasteiger partial charge in [-0.05, 0) is 20.0 Å². The molecule has 4 nitrogen and oxygen atoms in total. The van der Waals surface area contributed by atoms with Gasteiger partial charge in [-0.15, -0.1) is 11.3 Å². The first-order valence-corrected chi connectivity index (χ1v) is 7.57. The molecule has 0 amide bonds. The van der Waals surface area contributed by atoms with Crippen molar-refractivity contribution >= 4 is 22.2 Å². The average Bonchev–Trinajstić information content (AvgIpc) is 3.01. The van der Waals surface area contributed by atoms with Crippen LogP contribution in [0.15, 0.2) is 29.6 Å². The monoisotopic (exact) mass is 286 g/mol. The Morgan fingerprint density at radius 1 is 1.35 bits per heavy atom. The highest BCUT2D eigenvalue weighted by molar-refractivity contribution is 7.09. The summed E-state index contributed by atoms with van der Waals surface area (Å²) < 4.78 is 1.95. The fourth-order valence-electron chi connectivity index (χ4n) is 2.55. The largest absolute Gasteiger partial charge is 0.311 e. The molecule has 0 radical (unpaired) electrons. The van der Waals surface area contributed by atoms with Crippen LogP contribution in [0.1, 0.15) is 22.4 Å². The zero-order valence-corrected chi connectivity index (χ0v) is 12.7. The first-order valence-electron chi connectivity index (χ1n) is 6.69. The summed E-state index contributed by atoms with van der Waals surface area (Å²) in [6.45, 7) is 2.04. The highest BCUT2D eigenvalue weighted by Gasteiger charge is 2.18. The van der Waals surface area contributed by atoms with E-state index in [1.807, 2.05) is 31.8 Å². The number of para-hydroxylation sites is 1. The van der Waals surface area contributed by atoms with Crippen LogP contribution in [0.2, 0.25) is 0 Å². The molecular weight excluding hydrogens is 268 g/mol. The maximum atomic E-state index is 4.69. The highest BCUT2D eigenvalue weighted by Crippen LogP contribution is 2.25. The van der Waals surface area contributed by atoms with E-state index in [1.165, 1.54) is 5.39 Å². The van der Waals surface area contributed by atoms with Crippen LogP contribution in [0.25, 0.3) is 10.9 Å². The Bertz CT molecular complexity index is 728. The lowest BCUT2D eigenvalue weighted by Gasteiger charge is -2.12. The smallest absolute Gasteiger partial charge is 0.0897 e. The fourth-order valence-corrected chi connectivity index (χ4v) is 3.17. The quantitative estimate of drug-likeness (QED) is 0.802. The molecule has 2 aromatic heterocycles. The van der Waals surface area contributed by atoms with Crippen LogP contribution >= 0.6 is 11.3 Å². The van der Waals surface area contributed by atoms with Crippen molar-refractivity contribution in [3.05, 3.63) is 46.0 Å². The van der Waals surface area contributed by atoms with E-state index in [1.54, 1.807) is 11.3 Å². The molecule has 5 heteroatoms. The average molecular weight is 286 g/mol. The van der Waals surface area contributed by atoms with Gasteiger partial charge >= 0.3 is 0 Å². The second-order valence-corrected chi connectivity index (χ2v) is 5.99. The molecule has 1 N–H and O–H groups in total.